The predicted molar refractivity (Wildman–Crippen MR) is 105 cm³/mol. The fraction of sp³-hybridized carbons (Fsp3) is 0.476. The molecule has 1 aromatic heterocycles. The molecule has 2 saturated heterocycles. The smallest absolute Gasteiger partial charge is 0.339 e. The number of hydrogen-bond donors (Lipinski definition) is 3. The van der Waals surface area contributed by atoms with Crippen molar-refractivity contribution in [2.75, 3.05) is 13.7 Å². The van der Waals surface area contributed by atoms with Gasteiger partial charge in [0.25, 0.3) is 0 Å². The molecule has 6 atom stereocenters. The molecule has 2 fully saturated rings. The molecule has 0 aliphatic carbocycles. The number of aliphatic hydroxyl groups is 2. The SMILES string of the molecule is COc1cc(-c2c(C)cc(O)cc2OC2OC3COC(C)OC3C(O)C2O)oc(=O)c1. The van der Waals surface area contributed by atoms with Gasteiger partial charge in [0.05, 0.1) is 25.3 Å². The summed E-state index contributed by atoms with van der Waals surface area (Å²) in [5.74, 6) is 0.388. The molecule has 0 amide bonds. The number of aryl methyl sites for hydroxylation is 1. The Morgan fingerprint density at radius 1 is 1.10 bits per heavy atom. The Balaban J connectivity index is 1.69. The number of fused-ring (bicyclic) bond motifs is 1. The lowest BCUT2D eigenvalue weighted by atomic mass is 9.98. The predicted octanol–water partition coefficient (Wildman–Crippen LogP) is 0.916. The Labute approximate surface area is 177 Å². The van der Waals surface area contributed by atoms with Crippen LogP contribution in [0.1, 0.15) is 12.5 Å². The van der Waals surface area contributed by atoms with Crippen molar-refractivity contribution >= 4 is 0 Å². The molecule has 4 rings (SSSR count). The summed E-state index contributed by atoms with van der Waals surface area (Å²) in [6, 6.07) is 5.45. The number of aromatic hydroxyl groups is 1. The number of hydrogen-bond acceptors (Lipinski definition) is 10. The van der Waals surface area contributed by atoms with Gasteiger partial charge in [-0.25, -0.2) is 4.79 Å². The molecular formula is C21H24O10. The van der Waals surface area contributed by atoms with Gasteiger partial charge in [0.15, 0.2) is 6.29 Å². The third-order valence-corrected chi connectivity index (χ3v) is 5.24. The zero-order chi connectivity index (χ0) is 22.3. The van der Waals surface area contributed by atoms with Crippen LogP contribution in [0.4, 0.5) is 0 Å². The molecule has 6 unspecified atom stereocenters. The molecule has 2 aromatic rings. The zero-order valence-corrected chi connectivity index (χ0v) is 17.2. The summed E-state index contributed by atoms with van der Waals surface area (Å²) in [5.41, 5.74) is 0.255. The van der Waals surface area contributed by atoms with E-state index in [1.807, 2.05) is 0 Å². The highest BCUT2D eigenvalue weighted by molar-refractivity contribution is 5.72. The first-order valence-electron chi connectivity index (χ1n) is 9.75. The first-order valence-corrected chi connectivity index (χ1v) is 9.75. The van der Waals surface area contributed by atoms with Crippen molar-refractivity contribution in [2.24, 2.45) is 0 Å². The van der Waals surface area contributed by atoms with Gasteiger partial charge < -0.3 is 43.4 Å². The van der Waals surface area contributed by atoms with Gasteiger partial charge in [0, 0.05) is 12.1 Å². The van der Waals surface area contributed by atoms with Crippen LogP contribution in [-0.2, 0) is 14.2 Å². The Bertz CT molecular complexity index is 1000. The van der Waals surface area contributed by atoms with Crippen molar-refractivity contribution in [3.8, 4) is 28.6 Å². The Hall–Kier alpha value is -2.63. The van der Waals surface area contributed by atoms with E-state index < -0.39 is 42.6 Å². The second-order valence-corrected chi connectivity index (χ2v) is 7.46. The van der Waals surface area contributed by atoms with E-state index in [2.05, 4.69) is 0 Å². The summed E-state index contributed by atoms with van der Waals surface area (Å²) in [6.07, 6.45) is -6.02. The summed E-state index contributed by atoms with van der Waals surface area (Å²) >= 11 is 0. The molecule has 3 N–H and O–H groups in total. The topological polar surface area (TPSA) is 137 Å². The first-order chi connectivity index (χ1) is 14.8. The van der Waals surface area contributed by atoms with E-state index in [1.165, 1.54) is 31.4 Å². The molecule has 168 valence electrons. The maximum Gasteiger partial charge on any atom is 0.339 e. The normalized spacial score (nSPS) is 30.5. The fourth-order valence-electron chi connectivity index (χ4n) is 3.76. The average Bonchev–Trinajstić information content (AvgIpc) is 2.71. The minimum absolute atomic E-state index is 0.0783. The molecule has 0 bridgehead atoms. The lowest BCUT2D eigenvalue weighted by Crippen LogP contribution is -2.63. The van der Waals surface area contributed by atoms with Gasteiger partial charge in [-0.1, -0.05) is 0 Å². The van der Waals surface area contributed by atoms with E-state index in [1.54, 1.807) is 13.8 Å². The molecule has 3 heterocycles. The van der Waals surface area contributed by atoms with Gasteiger partial charge in [0.1, 0.15) is 47.4 Å². The number of aliphatic hydroxyl groups excluding tert-OH is 2. The fourth-order valence-corrected chi connectivity index (χ4v) is 3.76. The van der Waals surface area contributed by atoms with Crippen LogP contribution in [0.2, 0.25) is 0 Å². The minimum Gasteiger partial charge on any atom is -0.508 e. The van der Waals surface area contributed by atoms with Crippen LogP contribution in [0.3, 0.4) is 0 Å². The number of ether oxygens (including phenoxy) is 5. The Morgan fingerprint density at radius 3 is 2.61 bits per heavy atom. The molecular weight excluding hydrogens is 412 g/mol. The van der Waals surface area contributed by atoms with Gasteiger partial charge in [-0.15, -0.1) is 0 Å². The van der Waals surface area contributed by atoms with Crippen molar-refractivity contribution in [1.29, 1.82) is 0 Å². The largest absolute Gasteiger partial charge is 0.508 e. The molecule has 10 heteroatoms. The monoisotopic (exact) mass is 436 g/mol. The average molecular weight is 436 g/mol. The number of rotatable bonds is 4. The molecule has 2 aliphatic heterocycles. The molecule has 2 aliphatic rings. The summed E-state index contributed by atoms with van der Waals surface area (Å²) in [5, 5.41) is 31.2. The van der Waals surface area contributed by atoms with Gasteiger partial charge in [-0.3, -0.25) is 0 Å². The highest BCUT2D eigenvalue weighted by Gasteiger charge is 2.49. The molecule has 0 spiro atoms. The summed E-state index contributed by atoms with van der Waals surface area (Å²) in [6.45, 7) is 3.52. The van der Waals surface area contributed by atoms with Crippen LogP contribution < -0.4 is 15.1 Å². The van der Waals surface area contributed by atoms with Crippen molar-refractivity contribution in [3.63, 3.8) is 0 Å². The van der Waals surface area contributed by atoms with Crippen LogP contribution >= 0.6 is 0 Å². The standard InChI is InChI=1S/C21H24O10/c1-9-4-11(22)5-13(17(9)14-6-12(26-3)7-16(23)29-14)30-21-19(25)18(24)20-15(31-21)8-27-10(2)28-20/h4-7,10,15,18-22,24-25H,8H2,1-3H3. The maximum absolute atomic E-state index is 11.9. The number of phenols is 1. The quantitative estimate of drug-likeness (QED) is 0.634. The highest BCUT2D eigenvalue weighted by Crippen LogP contribution is 2.39. The van der Waals surface area contributed by atoms with E-state index in [9.17, 15) is 20.1 Å². The van der Waals surface area contributed by atoms with Crippen molar-refractivity contribution in [1.82, 2.24) is 0 Å². The van der Waals surface area contributed by atoms with Gasteiger partial charge >= 0.3 is 5.63 Å². The van der Waals surface area contributed by atoms with Crippen LogP contribution in [0.5, 0.6) is 17.2 Å². The number of phenolic OH excluding ortho intramolecular Hbond substituents is 1. The minimum atomic E-state index is -1.45. The van der Waals surface area contributed by atoms with Crippen molar-refractivity contribution in [3.05, 3.63) is 40.2 Å². The van der Waals surface area contributed by atoms with Gasteiger partial charge in [-0.05, 0) is 25.5 Å². The maximum atomic E-state index is 11.9. The second kappa shape index (κ2) is 8.48. The van der Waals surface area contributed by atoms with Crippen molar-refractivity contribution < 1.29 is 43.4 Å². The third-order valence-electron chi connectivity index (χ3n) is 5.24. The Kier molecular flexibility index (Phi) is 5.91. The highest BCUT2D eigenvalue weighted by atomic mass is 16.8. The van der Waals surface area contributed by atoms with Crippen LogP contribution in [0, 0.1) is 6.92 Å². The Morgan fingerprint density at radius 2 is 1.87 bits per heavy atom. The lowest BCUT2D eigenvalue weighted by Gasteiger charge is -2.45. The zero-order valence-electron chi connectivity index (χ0n) is 17.2. The third kappa shape index (κ3) is 4.25. The van der Waals surface area contributed by atoms with Crippen LogP contribution in [-0.4, -0.2) is 66.0 Å². The summed E-state index contributed by atoms with van der Waals surface area (Å²) < 4.78 is 33.0. The number of methoxy groups -OCH3 is 1. The molecule has 10 nitrogen and oxygen atoms in total. The molecule has 31 heavy (non-hydrogen) atoms. The van der Waals surface area contributed by atoms with E-state index in [0.717, 1.165) is 0 Å². The van der Waals surface area contributed by atoms with E-state index in [4.69, 9.17) is 28.1 Å². The molecule has 0 saturated carbocycles. The summed E-state index contributed by atoms with van der Waals surface area (Å²) in [4.78, 5) is 11.9. The number of benzene rings is 1. The van der Waals surface area contributed by atoms with E-state index in [-0.39, 0.29) is 29.6 Å². The van der Waals surface area contributed by atoms with Crippen molar-refractivity contribution in [2.45, 2.75) is 50.8 Å². The lowest BCUT2D eigenvalue weighted by molar-refractivity contribution is -0.343. The van der Waals surface area contributed by atoms with E-state index >= 15 is 0 Å². The molecule has 1 aromatic carbocycles. The first kappa shape index (κ1) is 21.6. The van der Waals surface area contributed by atoms with Crippen LogP contribution in [0.25, 0.3) is 11.3 Å². The van der Waals surface area contributed by atoms with Crippen LogP contribution in [0.15, 0.2) is 33.5 Å². The van der Waals surface area contributed by atoms with Gasteiger partial charge in [0.2, 0.25) is 6.29 Å². The molecule has 0 radical (unpaired) electrons. The van der Waals surface area contributed by atoms with E-state index in [0.29, 0.717) is 11.1 Å². The second-order valence-electron chi connectivity index (χ2n) is 7.46. The van der Waals surface area contributed by atoms with Gasteiger partial charge in [-0.2, -0.15) is 0 Å². The summed E-state index contributed by atoms with van der Waals surface area (Å²) in [7, 11) is 1.42.